The second kappa shape index (κ2) is 11.2. The Kier molecular flexibility index (Phi) is 7.20. The highest BCUT2D eigenvalue weighted by molar-refractivity contribution is 7.19. The van der Waals surface area contributed by atoms with Crippen LogP contribution < -0.4 is 10.1 Å². The number of aromatic nitrogens is 5. The molecule has 39 heavy (non-hydrogen) atoms. The van der Waals surface area contributed by atoms with Crippen molar-refractivity contribution in [3.8, 4) is 5.75 Å². The highest BCUT2D eigenvalue weighted by atomic mass is 35.5. The van der Waals surface area contributed by atoms with E-state index in [9.17, 15) is 4.79 Å². The molecule has 1 amide bonds. The van der Waals surface area contributed by atoms with Crippen LogP contribution in [0.5, 0.6) is 5.75 Å². The van der Waals surface area contributed by atoms with Crippen LogP contribution in [0.4, 0.5) is 11.5 Å². The molecule has 0 spiro atoms. The van der Waals surface area contributed by atoms with E-state index in [2.05, 4.69) is 25.3 Å². The fourth-order valence-electron chi connectivity index (χ4n) is 4.45. The SMILES string of the molecule is O=C(/C=C/Cn1ccnc1)N1CCc2c(sc3ncnc(Nc4ccc(OCc5ccccn5)c(Cl)c4)c23)C1. The monoisotopic (exact) mass is 557 g/mol. The maximum absolute atomic E-state index is 12.8. The van der Waals surface area contributed by atoms with Crippen LogP contribution in [0.2, 0.25) is 5.02 Å². The van der Waals surface area contributed by atoms with Crippen molar-refractivity contribution in [1.29, 1.82) is 0 Å². The number of ether oxygens (including phenoxy) is 1. The smallest absolute Gasteiger partial charge is 0.246 e. The summed E-state index contributed by atoms with van der Waals surface area (Å²) in [4.78, 5) is 34.0. The molecule has 1 N–H and O–H groups in total. The molecule has 5 heterocycles. The molecule has 0 bridgehead atoms. The number of imidazole rings is 1. The molecule has 1 aliphatic heterocycles. The second-order valence-electron chi connectivity index (χ2n) is 8.96. The summed E-state index contributed by atoms with van der Waals surface area (Å²) in [5.41, 5.74) is 2.80. The van der Waals surface area contributed by atoms with Crippen molar-refractivity contribution in [3.63, 3.8) is 0 Å². The Morgan fingerprint density at radius 2 is 2.13 bits per heavy atom. The molecule has 196 valence electrons. The zero-order valence-electron chi connectivity index (χ0n) is 20.8. The van der Waals surface area contributed by atoms with Gasteiger partial charge in [0.25, 0.3) is 0 Å². The molecule has 0 unspecified atom stereocenters. The maximum atomic E-state index is 12.8. The molecular weight excluding hydrogens is 534 g/mol. The standard InChI is InChI=1S/C28H24ClN7O2S/c29-22-14-19(6-7-23(22)38-16-20-4-1-2-9-31-20)34-27-26-21-8-12-36(15-24(21)39-28(26)33-17-32-27)25(37)5-3-11-35-13-10-30-18-35/h1-7,9-10,13-14,17-18H,8,11-12,15-16H2,(H,32,33,34)/b5-3+. The van der Waals surface area contributed by atoms with Crippen molar-refractivity contribution in [2.24, 2.45) is 0 Å². The minimum atomic E-state index is 0.00245. The summed E-state index contributed by atoms with van der Waals surface area (Å²) < 4.78 is 7.76. The number of hydrogen-bond acceptors (Lipinski definition) is 8. The molecule has 5 aromatic rings. The molecule has 9 nitrogen and oxygen atoms in total. The van der Waals surface area contributed by atoms with Gasteiger partial charge in [0.1, 0.15) is 29.3 Å². The number of nitrogens with zero attached hydrogens (tertiary/aromatic N) is 6. The Morgan fingerprint density at radius 3 is 2.95 bits per heavy atom. The number of benzene rings is 1. The zero-order chi connectivity index (χ0) is 26.6. The van der Waals surface area contributed by atoms with Gasteiger partial charge in [-0.2, -0.15) is 0 Å². The van der Waals surface area contributed by atoms with E-state index >= 15 is 0 Å². The number of allylic oxidation sites excluding steroid dienone is 1. The lowest BCUT2D eigenvalue weighted by Crippen LogP contribution is -2.34. The molecule has 0 radical (unpaired) electrons. The summed E-state index contributed by atoms with van der Waals surface area (Å²) in [5, 5.41) is 4.89. The van der Waals surface area contributed by atoms with Gasteiger partial charge in [-0.15, -0.1) is 11.3 Å². The fraction of sp³-hybridized carbons (Fsp3) is 0.179. The lowest BCUT2D eigenvalue weighted by molar-refractivity contribution is -0.126. The van der Waals surface area contributed by atoms with Gasteiger partial charge in [-0.1, -0.05) is 23.7 Å². The Labute approximate surface area is 233 Å². The Balaban J connectivity index is 1.16. The van der Waals surface area contributed by atoms with Crippen LogP contribution in [0, 0.1) is 0 Å². The molecule has 1 aromatic carbocycles. The van der Waals surface area contributed by atoms with Gasteiger partial charge < -0.3 is 19.5 Å². The summed E-state index contributed by atoms with van der Waals surface area (Å²) >= 11 is 8.13. The van der Waals surface area contributed by atoms with Crippen molar-refractivity contribution in [2.45, 2.75) is 26.1 Å². The molecule has 4 aromatic heterocycles. The number of halogens is 1. The van der Waals surface area contributed by atoms with Gasteiger partial charge in [0.15, 0.2) is 0 Å². The Morgan fingerprint density at radius 1 is 1.18 bits per heavy atom. The Bertz CT molecular complexity index is 1640. The Hall–Kier alpha value is -4.28. The van der Waals surface area contributed by atoms with Crippen molar-refractivity contribution >= 4 is 50.6 Å². The van der Waals surface area contributed by atoms with Gasteiger partial charge in [0.05, 0.1) is 29.0 Å². The molecular formula is C28H24ClN7O2S. The van der Waals surface area contributed by atoms with Gasteiger partial charge >= 0.3 is 0 Å². The van der Waals surface area contributed by atoms with E-state index in [4.69, 9.17) is 16.3 Å². The third-order valence-electron chi connectivity index (χ3n) is 6.38. The number of nitrogens with one attached hydrogen (secondary N) is 1. The summed E-state index contributed by atoms with van der Waals surface area (Å²) in [5.74, 6) is 1.30. The average Bonchev–Trinajstić information content (AvgIpc) is 3.61. The van der Waals surface area contributed by atoms with Crippen molar-refractivity contribution in [1.82, 2.24) is 29.4 Å². The van der Waals surface area contributed by atoms with Crippen LogP contribution >= 0.6 is 22.9 Å². The molecule has 0 fully saturated rings. The number of carbonyl (C=O) groups is 1. The quantitative estimate of drug-likeness (QED) is 0.255. The number of amides is 1. The van der Waals surface area contributed by atoms with E-state index in [0.29, 0.717) is 37.0 Å². The van der Waals surface area contributed by atoms with Crippen LogP contribution in [0.15, 0.2) is 79.8 Å². The van der Waals surface area contributed by atoms with E-state index in [1.807, 2.05) is 58.1 Å². The van der Waals surface area contributed by atoms with Crippen LogP contribution in [-0.4, -0.2) is 41.9 Å². The number of carbonyl (C=O) groups excluding carboxylic acids is 1. The summed E-state index contributed by atoms with van der Waals surface area (Å²) in [6, 6.07) is 11.2. The van der Waals surface area contributed by atoms with Crippen molar-refractivity contribution < 1.29 is 9.53 Å². The van der Waals surface area contributed by atoms with Gasteiger partial charge in [0.2, 0.25) is 5.91 Å². The van der Waals surface area contributed by atoms with Gasteiger partial charge in [-0.3, -0.25) is 9.78 Å². The summed E-state index contributed by atoms with van der Waals surface area (Å²) in [6.07, 6.45) is 12.8. The van der Waals surface area contributed by atoms with Gasteiger partial charge in [0, 0.05) is 48.3 Å². The summed E-state index contributed by atoms with van der Waals surface area (Å²) in [7, 11) is 0. The van der Waals surface area contributed by atoms with Crippen molar-refractivity contribution in [2.75, 3.05) is 11.9 Å². The first-order valence-electron chi connectivity index (χ1n) is 12.4. The molecule has 11 heteroatoms. The lowest BCUT2D eigenvalue weighted by atomic mass is 10.0. The zero-order valence-corrected chi connectivity index (χ0v) is 22.4. The minimum Gasteiger partial charge on any atom is -0.486 e. The van der Waals surface area contributed by atoms with E-state index in [1.54, 1.807) is 42.5 Å². The van der Waals surface area contributed by atoms with E-state index in [1.165, 1.54) is 5.56 Å². The van der Waals surface area contributed by atoms with Gasteiger partial charge in [-0.05, 0) is 42.3 Å². The predicted octanol–water partition coefficient (Wildman–Crippen LogP) is 5.40. The van der Waals surface area contributed by atoms with Crippen LogP contribution in [0.1, 0.15) is 16.1 Å². The number of anilines is 2. The largest absolute Gasteiger partial charge is 0.486 e. The van der Waals surface area contributed by atoms with E-state index < -0.39 is 0 Å². The highest BCUT2D eigenvalue weighted by Gasteiger charge is 2.25. The number of pyridine rings is 1. The van der Waals surface area contributed by atoms with E-state index in [-0.39, 0.29) is 5.91 Å². The minimum absolute atomic E-state index is 0.00245. The first-order chi connectivity index (χ1) is 19.1. The third kappa shape index (κ3) is 5.62. The maximum Gasteiger partial charge on any atom is 0.246 e. The first-order valence-corrected chi connectivity index (χ1v) is 13.6. The lowest BCUT2D eigenvalue weighted by Gasteiger charge is -2.26. The topological polar surface area (TPSA) is 98.1 Å². The van der Waals surface area contributed by atoms with Crippen LogP contribution in [0.3, 0.4) is 0 Å². The predicted molar refractivity (Wildman–Crippen MR) is 151 cm³/mol. The normalized spacial score (nSPS) is 13.1. The third-order valence-corrected chi connectivity index (χ3v) is 7.80. The average molecular weight is 558 g/mol. The number of rotatable bonds is 8. The first kappa shape index (κ1) is 25.0. The van der Waals surface area contributed by atoms with Crippen LogP contribution in [0.25, 0.3) is 10.2 Å². The van der Waals surface area contributed by atoms with Crippen molar-refractivity contribution in [3.05, 3.63) is 101 Å². The molecule has 0 aliphatic carbocycles. The number of thiophene rings is 1. The molecule has 1 aliphatic rings. The van der Waals surface area contributed by atoms with Gasteiger partial charge in [-0.25, -0.2) is 15.0 Å². The second-order valence-corrected chi connectivity index (χ2v) is 10.4. The molecule has 0 saturated carbocycles. The molecule has 0 atom stereocenters. The fourth-order valence-corrected chi connectivity index (χ4v) is 5.89. The molecule has 0 saturated heterocycles. The molecule has 6 rings (SSSR count). The number of hydrogen-bond donors (Lipinski definition) is 1. The number of fused-ring (bicyclic) bond motifs is 3. The van der Waals surface area contributed by atoms with E-state index in [0.717, 1.165) is 38.7 Å². The highest BCUT2D eigenvalue weighted by Crippen LogP contribution is 2.38. The summed E-state index contributed by atoms with van der Waals surface area (Å²) in [6.45, 7) is 2.13. The van der Waals surface area contributed by atoms with Crippen LogP contribution in [-0.2, 0) is 30.9 Å².